The van der Waals surface area contributed by atoms with Gasteiger partial charge in [0.25, 0.3) is 5.69 Å². The van der Waals surface area contributed by atoms with E-state index in [1.165, 1.54) is 6.07 Å². The number of halogens is 1. The summed E-state index contributed by atoms with van der Waals surface area (Å²) in [7, 11) is 0. The maximum Gasteiger partial charge on any atom is 0.275 e. The maximum absolute atomic E-state index is 13.9. The van der Waals surface area contributed by atoms with Crippen molar-refractivity contribution in [2.75, 3.05) is 0 Å². The Hall–Kier alpha value is -1.69. The molecule has 0 heterocycles. The molecular weight excluding hydrogens is 265 g/mol. The standard InChI is InChI=1S/C14H18FNO4/c1-4-14(3)12(17)7-13(14)20-11-5-8(2)10(16(18)19)6-9(11)15/h5-6,12-13,17H,4,7H2,1-3H3. The highest BCUT2D eigenvalue weighted by atomic mass is 19.1. The predicted octanol–water partition coefficient (Wildman–Crippen LogP) is 2.97. The minimum atomic E-state index is -0.748. The van der Waals surface area contributed by atoms with E-state index in [9.17, 15) is 19.6 Å². The average Bonchev–Trinajstić information content (AvgIpc) is 2.40. The molecule has 0 amide bonds. The normalized spacial score (nSPS) is 28.9. The third kappa shape index (κ3) is 2.24. The van der Waals surface area contributed by atoms with Crippen LogP contribution in [0.5, 0.6) is 5.75 Å². The Bertz CT molecular complexity index is 548. The summed E-state index contributed by atoms with van der Waals surface area (Å²) in [6.07, 6.45) is 0.421. The fourth-order valence-electron chi connectivity index (χ4n) is 2.53. The number of benzene rings is 1. The van der Waals surface area contributed by atoms with Gasteiger partial charge in [0, 0.05) is 17.4 Å². The molecule has 1 aromatic rings. The van der Waals surface area contributed by atoms with Gasteiger partial charge in [0.15, 0.2) is 11.6 Å². The minimum absolute atomic E-state index is 0.00433. The molecule has 110 valence electrons. The largest absolute Gasteiger partial charge is 0.487 e. The van der Waals surface area contributed by atoms with Gasteiger partial charge in [0.2, 0.25) is 0 Å². The second kappa shape index (κ2) is 5.01. The zero-order valence-corrected chi connectivity index (χ0v) is 11.7. The first-order valence-electron chi connectivity index (χ1n) is 6.58. The molecule has 1 N–H and O–H groups in total. The van der Waals surface area contributed by atoms with Crippen LogP contribution in [-0.2, 0) is 0 Å². The molecule has 1 aromatic carbocycles. The van der Waals surface area contributed by atoms with Crippen LogP contribution in [0.2, 0.25) is 0 Å². The number of nitrogens with zero attached hydrogens (tertiary/aromatic N) is 1. The quantitative estimate of drug-likeness (QED) is 0.681. The van der Waals surface area contributed by atoms with Gasteiger partial charge in [-0.1, -0.05) is 13.8 Å². The van der Waals surface area contributed by atoms with Crippen LogP contribution >= 0.6 is 0 Å². The highest BCUT2D eigenvalue weighted by Crippen LogP contribution is 2.46. The second-order valence-corrected chi connectivity index (χ2v) is 5.54. The van der Waals surface area contributed by atoms with Gasteiger partial charge in [-0.2, -0.15) is 0 Å². The summed E-state index contributed by atoms with van der Waals surface area (Å²) >= 11 is 0. The summed E-state index contributed by atoms with van der Waals surface area (Å²) in [5.74, 6) is -0.744. The zero-order valence-electron chi connectivity index (χ0n) is 11.7. The molecule has 5 nitrogen and oxygen atoms in total. The number of nitro groups is 1. The van der Waals surface area contributed by atoms with Crippen LogP contribution in [0.15, 0.2) is 12.1 Å². The van der Waals surface area contributed by atoms with Crippen molar-refractivity contribution in [3.8, 4) is 5.75 Å². The SMILES string of the molecule is CCC1(C)C(O)CC1Oc1cc(C)c([N+](=O)[O-])cc1F. The molecule has 0 radical (unpaired) electrons. The van der Waals surface area contributed by atoms with Crippen LogP contribution in [0.25, 0.3) is 0 Å². The Labute approximate surface area is 116 Å². The first-order chi connectivity index (χ1) is 9.29. The number of hydrogen-bond acceptors (Lipinski definition) is 4. The fraction of sp³-hybridized carbons (Fsp3) is 0.571. The van der Waals surface area contributed by atoms with Gasteiger partial charge in [0.05, 0.1) is 17.1 Å². The van der Waals surface area contributed by atoms with Crippen molar-refractivity contribution in [2.45, 2.75) is 45.8 Å². The Balaban J connectivity index is 2.23. The van der Waals surface area contributed by atoms with Gasteiger partial charge in [-0.3, -0.25) is 10.1 Å². The number of aryl methyl sites for hydroxylation is 1. The summed E-state index contributed by atoms with van der Waals surface area (Å²) < 4.78 is 19.5. The maximum atomic E-state index is 13.9. The average molecular weight is 283 g/mol. The lowest BCUT2D eigenvalue weighted by molar-refractivity contribution is -0.385. The fourth-order valence-corrected chi connectivity index (χ4v) is 2.53. The van der Waals surface area contributed by atoms with Gasteiger partial charge in [-0.15, -0.1) is 0 Å². The topological polar surface area (TPSA) is 72.6 Å². The van der Waals surface area contributed by atoms with Crippen molar-refractivity contribution in [3.63, 3.8) is 0 Å². The van der Waals surface area contributed by atoms with E-state index in [2.05, 4.69) is 0 Å². The van der Waals surface area contributed by atoms with Crippen molar-refractivity contribution >= 4 is 5.69 Å². The number of hydrogen-bond donors (Lipinski definition) is 1. The predicted molar refractivity (Wildman–Crippen MR) is 71.2 cm³/mol. The van der Waals surface area contributed by atoms with E-state index in [-0.39, 0.29) is 17.5 Å². The Morgan fingerprint density at radius 1 is 1.60 bits per heavy atom. The smallest absolute Gasteiger partial charge is 0.275 e. The number of aliphatic hydroxyl groups is 1. The van der Waals surface area contributed by atoms with Crippen molar-refractivity contribution in [1.29, 1.82) is 0 Å². The number of ether oxygens (including phenoxy) is 1. The van der Waals surface area contributed by atoms with Gasteiger partial charge in [-0.25, -0.2) is 4.39 Å². The van der Waals surface area contributed by atoms with Crippen LogP contribution in [0.4, 0.5) is 10.1 Å². The summed E-state index contributed by atoms with van der Waals surface area (Å²) in [6.45, 7) is 5.37. The van der Waals surface area contributed by atoms with E-state index in [0.29, 0.717) is 18.4 Å². The van der Waals surface area contributed by atoms with Crippen LogP contribution in [0.3, 0.4) is 0 Å². The summed E-state index contributed by atoms with van der Waals surface area (Å²) in [6, 6.07) is 2.22. The van der Waals surface area contributed by atoms with Crippen molar-refractivity contribution in [1.82, 2.24) is 0 Å². The lowest BCUT2D eigenvalue weighted by Gasteiger charge is -2.50. The van der Waals surface area contributed by atoms with Crippen molar-refractivity contribution in [2.24, 2.45) is 5.41 Å². The van der Waals surface area contributed by atoms with E-state index in [0.717, 1.165) is 6.07 Å². The van der Waals surface area contributed by atoms with Gasteiger partial charge in [0.1, 0.15) is 6.10 Å². The molecule has 3 unspecified atom stereocenters. The lowest BCUT2D eigenvalue weighted by atomic mass is 9.63. The molecule has 0 spiro atoms. The molecule has 1 aliphatic rings. The molecule has 2 rings (SSSR count). The van der Waals surface area contributed by atoms with Crippen molar-refractivity contribution in [3.05, 3.63) is 33.6 Å². The van der Waals surface area contributed by atoms with E-state index in [1.54, 1.807) is 6.92 Å². The first kappa shape index (κ1) is 14.7. The third-order valence-corrected chi connectivity index (χ3v) is 4.41. The third-order valence-electron chi connectivity index (χ3n) is 4.41. The van der Waals surface area contributed by atoms with E-state index < -0.39 is 22.3 Å². The van der Waals surface area contributed by atoms with Gasteiger partial charge in [-0.05, 0) is 19.4 Å². The zero-order chi connectivity index (χ0) is 15.1. The highest BCUT2D eigenvalue weighted by molar-refractivity contribution is 5.45. The highest BCUT2D eigenvalue weighted by Gasteiger charge is 2.51. The molecule has 3 atom stereocenters. The van der Waals surface area contributed by atoms with Gasteiger partial charge >= 0.3 is 0 Å². The first-order valence-corrected chi connectivity index (χ1v) is 6.58. The molecular formula is C14H18FNO4. The molecule has 1 fully saturated rings. The second-order valence-electron chi connectivity index (χ2n) is 5.54. The molecule has 0 bridgehead atoms. The Kier molecular flexibility index (Phi) is 3.69. The Morgan fingerprint density at radius 3 is 2.75 bits per heavy atom. The lowest BCUT2D eigenvalue weighted by Crippen LogP contribution is -2.57. The summed E-state index contributed by atoms with van der Waals surface area (Å²) in [5.41, 5.74) is -0.312. The van der Waals surface area contributed by atoms with E-state index in [1.807, 2.05) is 13.8 Å². The molecule has 20 heavy (non-hydrogen) atoms. The van der Waals surface area contributed by atoms with Crippen LogP contribution in [0, 0.1) is 28.3 Å². The van der Waals surface area contributed by atoms with Crippen LogP contribution in [-0.4, -0.2) is 22.2 Å². The van der Waals surface area contributed by atoms with Crippen LogP contribution < -0.4 is 4.74 Å². The molecule has 1 aliphatic carbocycles. The Morgan fingerprint density at radius 2 is 2.25 bits per heavy atom. The molecule has 6 heteroatoms. The minimum Gasteiger partial charge on any atom is -0.487 e. The number of nitro benzene ring substituents is 1. The van der Waals surface area contributed by atoms with E-state index in [4.69, 9.17) is 4.74 Å². The molecule has 0 aromatic heterocycles. The van der Waals surface area contributed by atoms with E-state index >= 15 is 0 Å². The molecule has 0 aliphatic heterocycles. The van der Waals surface area contributed by atoms with Crippen molar-refractivity contribution < 1.29 is 19.2 Å². The summed E-state index contributed by atoms with van der Waals surface area (Å²) in [4.78, 5) is 10.1. The van der Waals surface area contributed by atoms with Gasteiger partial charge < -0.3 is 9.84 Å². The number of rotatable bonds is 4. The van der Waals surface area contributed by atoms with Crippen LogP contribution in [0.1, 0.15) is 32.3 Å². The summed E-state index contributed by atoms with van der Waals surface area (Å²) in [5, 5.41) is 20.5. The molecule has 1 saturated carbocycles. The monoisotopic (exact) mass is 283 g/mol. The molecule has 0 saturated heterocycles. The number of aliphatic hydroxyl groups excluding tert-OH is 1.